The predicted molar refractivity (Wildman–Crippen MR) is 76.7 cm³/mol. The first kappa shape index (κ1) is 13.7. The molecular formula is C13H23N3OS. The second kappa shape index (κ2) is 6.45. The van der Waals surface area contributed by atoms with Gasteiger partial charge in [0.25, 0.3) is 0 Å². The van der Waals surface area contributed by atoms with Gasteiger partial charge in [0.2, 0.25) is 5.91 Å². The van der Waals surface area contributed by atoms with Crippen molar-refractivity contribution in [1.82, 2.24) is 5.32 Å². The third-order valence-electron chi connectivity index (χ3n) is 3.86. The molecule has 1 heterocycles. The molecule has 18 heavy (non-hydrogen) atoms. The lowest BCUT2D eigenvalue weighted by molar-refractivity contribution is -0.118. The summed E-state index contributed by atoms with van der Waals surface area (Å²) >= 11 is 1.85. The van der Waals surface area contributed by atoms with Gasteiger partial charge in [0, 0.05) is 25.3 Å². The van der Waals surface area contributed by atoms with Gasteiger partial charge in [-0.05, 0) is 24.7 Å². The van der Waals surface area contributed by atoms with E-state index >= 15 is 0 Å². The Labute approximate surface area is 113 Å². The van der Waals surface area contributed by atoms with Crippen LogP contribution in [0.4, 0.5) is 0 Å². The van der Waals surface area contributed by atoms with Gasteiger partial charge < -0.3 is 11.1 Å². The van der Waals surface area contributed by atoms with E-state index in [1.54, 1.807) is 0 Å². The summed E-state index contributed by atoms with van der Waals surface area (Å²) in [6, 6.07) is 0. The van der Waals surface area contributed by atoms with Crippen molar-refractivity contribution in [2.24, 2.45) is 16.1 Å². The molecule has 1 amide bonds. The number of nitrogens with one attached hydrogen (secondary N) is 1. The van der Waals surface area contributed by atoms with Crippen LogP contribution in [0.2, 0.25) is 0 Å². The average molecular weight is 269 g/mol. The minimum atomic E-state index is -0.226. The molecule has 0 bridgehead atoms. The van der Waals surface area contributed by atoms with Gasteiger partial charge in [-0.1, -0.05) is 31.0 Å². The van der Waals surface area contributed by atoms with Crippen LogP contribution in [0.5, 0.6) is 0 Å². The number of rotatable bonds is 4. The normalized spacial score (nSPS) is 22.6. The molecule has 1 aliphatic heterocycles. The predicted octanol–water partition coefficient (Wildman–Crippen LogP) is 1.89. The van der Waals surface area contributed by atoms with E-state index in [1.165, 1.54) is 37.9 Å². The Morgan fingerprint density at radius 1 is 1.39 bits per heavy atom. The number of hydrogen-bond donors (Lipinski definition) is 2. The second-order valence-electron chi connectivity index (χ2n) is 5.47. The highest BCUT2D eigenvalue weighted by Gasteiger charge is 2.34. The molecule has 0 saturated heterocycles. The van der Waals surface area contributed by atoms with Crippen LogP contribution >= 0.6 is 11.8 Å². The van der Waals surface area contributed by atoms with Crippen LogP contribution in [0.3, 0.4) is 0 Å². The van der Waals surface area contributed by atoms with E-state index in [1.807, 2.05) is 11.8 Å². The average Bonchev–Trinajstić information content (AvgIpc) is 2.38. The SMILES string of the molecule is NC(=O)CCCNC1=NCC2(CCCCC2)CS1. The fourth-order valence-electron chi connectivity index (χ4n) is 2.72. The van der Waals surface area contributed by atoms with E-state index in [9.17, 15) is 4.79 Å². The number of amides is 1. The lowest BCUT2D eigenvalue weighted by Crippen LogP contribution is -2.37. The molecule has 2 aliphatic rings. The fraction of sp³-hybridized carbons (Fsp3) is 0.846. The minimum Gasteiger partial charge on any atom is -0.370 e. The summed E-state index contributed by atoms with van der Waals surface area (Å²) in [5.41, 5.74) is 5.59. The van der Waals surface area contributed by atoms with Crippen molar-refractivity contribution in [1.29, 1.82) is 0 Å². The van der Waals surface area contributed by atoms with Crippen LogP contribution in [0.1, 0.15) is 44.9 Å². The van der Waals surface area contributed by atoms with Crippen molar-refractivity contribution < 1.29 is 4.79 Å². The molecule has 0 aromatic heterocycles. The Balaban J connectivity index is 1.71. The fourth-order valence-corrected chi connectivity index (χ4v) is 3.90. The molecule has 1 spiro atoms. The van der Waals surface area contributed by atoms with Crippen LogP contribution in [0, 0.1) is 5.41 Å². The Morgan fingerprint density at radius 3 is 2.78 bits per heavy atom. The molecule has 1 aliphatic carbocycles. The molecule has 0 unspecified atom stereocenters. The summed E-state index contributed by atoms with van der Waals surface area (Å²) in [4.78, 5) is 15.3. The van der Waals surface area contributed by atoms with Gasteiger partial charge in [-0.15, -0.1) is 0 Å². The Kier molecular flexibility index (Phi) is 4.92. The highest BCUT2D eigenvalue weighted by molar-refractivity contribution is 8.13. The zero-order valence-electron chi connectivity index (χ0n) is 10.9. The van der Waals surface area contributed by atoms with Crippen LogP contribution in [0.15, 0.2) is 4.99 Å². The molecule has 0 radical (unpaired) electrons. The molecule has 1 fully saturated rings. The van der Waals surface area contributed by atoms with Crippen molar-refractivity contribution in [2.75, 3.05) is 18.8 Å². The summed E-state index contributed by atoms with van der Waals surface area (Å²) in [5.74, 6) is 0.977. The number of carbonyl (C=O) groups is 1. The maximum atomic E-state index is 10.6. The van der Waals surface area contributed by atoms with Crippen molar-refractivity contribution in [2.45, 2.75) is 44.9 Å². The van der Waals surface area contributed by atoms with E-state index < -0.39 is 0 Å². The Morgan fingerprint density at radius 2 is 2.17 bits per heavy atom. The third kappa shape index (κ3) is 3.90. The summed E-state index contributed by atoms with van der Waals surface area (Å²) in [7, 11) is 0. The van der Waals surface area contributed by atoms with Crippen molar-refractivity contribution in [3.05, 3.63) is 0 Å². The van der Waals surface area contributed by atoms with Crippen molar-refractivity contribution in [3.8, 4) is 0 Å². The first-order chi connectivity index (χ1) is 8.70. The zero-order chi connectivity index (χ0) is 12.8. The maximum absolute atomic E-state index is 10.6. The molecule has 1 saturated carbocycles. The highest BCUT2D eigenvalue weighted by Crippen LogP contribution is 2.41. The lowest BCUT2D eigenvalue weighted by atomic mass is 9.75. The maximum Gasteiger partial charge on any atom is 0.217 e. The standard InChI is InChI=1S/C13H23N3OS/c14-11(17)5-4-8-15-12-16-9-13(10-18-12)6-2-1-3-7-13/h1-10H2,(H2,14,17)(H,15,16). The zero-order valence-corrected chi connectivity index (χ0v) is 11.7. The number of aliphatic imine (C=N–C) groups is 1. The number of amidine groups is 1. The number of thioether (sulfide) groups is 1. The largest absolute Gasteiger partial charge is 0.370 e. The summed E-state index contributed by atoms with van der Waals surface area (Å²) in [5, 5.41) is 4.36. The number of carbonyl (C=O) groups excluding carboxylic acids is 1. The number of nitrogens with zero attached hydrogens (tertiary/aromatic N) is 1. The van der Waals surface area contributed by atoms with E-state index in [0.29, 0.717) is 11.8 Å². The van der Waals surface area contributed by atoms with Crippen molar-refractivity contribution >= 4 is 22.8 Å². The smallest absolute Gasteiger partial charge is 0.217 e. The summed E-state index contributed by atoms with van der Waals surface area (Å²) in [6.07, 6.45) is 8.08. The Bertz CT molecular complexity index is 324. The second-order valence-corrected chi connectivity index (χ2v) is 6.43. The molecule has 4 nitrogen and oxygen atoms in total. The topological polar surface area (TPSA) is 67.5 Å². The molecule has 0 aromatic rings. The van der Waals surface area contributed by atoms with Crippen LogP contribution in [-0.4, -0.2) is 29.9 Å². The van der Waals surface area contributed by atoms with Gasteiger partial charge in [0.1, 0.15) is 0 Å². The molecule has 3 N–H and O–H groups in total. The molecule has 102 valence electrons. The highest BCUT2D eigenvalue weighted by atomic mass is 32.2. The monoisotopic (exact) mass is 269 g/mol. The number of hydrogen-bond acceptors (Lipinski definition) is 4. The molecule has 0 atom stereocenters. The lowest BCUT2D eigenvalue weighted by Gasteiger charge is -2.38. The minimum absolute atomic E-state index is 0.226. The molecular weight excluding hydrogens is 246 g/mol. The molecule has 2 rings (SSSR count). The van der Waals surface area contributed by atoms with Crippen LogP contribution in [0.25, 0.3) is 0 Å². The first-order valence-corrected chi connectivity index (χ1v) is 7.88. The molecule has 0 aromatic carbocycles. The van der Waals surface area contributed by atoms with Crippen LogP contribution in [-0.2, 0) is 4.79 Å². The van der Waals surface area contributed by atoms with Gasteiger partial charge >= 0.3 is 0 Å². The summed E-state index contributed by atoms with van der Waals surface area (Å²) in [6.45, 7) is 1.78. The first-order valence-electron chi connectivity index (χ1n) is 6.90. The third-order valence-corrected chi connectivity index (χ3v) is 5.17. The van der Waals surface area contributed by atoms with Gasteiger partial charge in [0.05, 0.1) is 0 Å². The number of primary amides is 1. The van der Waals surface area contributed by atoms with E-state index in [0.717, 1.165) is 24.7 Å². The Hall–Kier alpha value is -0.710. The van der Waals surface area contributed by atoms with E-state index in [4.69, 9.17) is 5.73 Å². The van der Waals surface area contributed by atoms with Crippen LogP contribution < -0.4 is 11.1 Å². The van der Waals surface area contributed by atoms with Gasteiger partial charge in [0.15, 0.2) is 5.17 Å². The van der Waals surface area contributed by atoms with Crippen molar-refractivity contribution in [3.63, 3.8) is 0 Å². The summed E-state index contributed by atoms with van der Waals surface area (Å²) < 4.78 is 0. The number of nitrogens with two attached hydrogens (primary N) is 1. The van der Waals surface area contributed by atoms with E-state index in [2.05, 4.69) is 10.3 Å². The van der Waals surface area contributed by atoms with Gasteiger partial charge in [-0.3, -0.25) is 9.79 Å². The molecule has 5 heteroatoms. The van der Waals surface area contributed by atoms with E-state index in [-0.39, 0.29) is 5.91 Å². The van der Waals surface area contributed by atoms with Gasteiger partial charge in [-0.2, -0.15) is 0 Å². The van der Waals surface area contributed by atoms with Gasteiger partial charge in [-0.25, -0.2) is 0 Å². The quantitative estimate of drug-likeness (QED) is 0.766.